The quantitative estimate of drug-likeness (QED) is 0.685. The van der Waals surface area contributed by atoms with E-state index in [4.69, 9.17) is 11.1 Å². The number of hydrogen-bond donors (Lipinski definition) is 3. The van der Waals surface area contributed by atoms with E-state index in [0.29, 0.717) is 24.5 Å². The first-order valence-corrected chi connectivity index (χ1v) is 8.08. The highest BCUT2D eigenvalue weighted by atomic mass is 16.2. The fraction of sp³-hybridized carbons (Fsp3) is 0.438. The summed E-state index contributed by atoms with van der Waals surface area (Å²) < 4.78 is 0. The van der Waals surface area contributed by atoms with Crippen LogP contribution in [0.5, 0.6) is 0 Å². The number of nitrogens with zero attached hydrogens (tertiary/aromatic N) is 3. The SMILES string of the molecule is N=C1C(=Nc2cc3c(cc2N)NCCC3)C(=O)N2CCCCN12. The summed E-state index contributed by atoms with van der Waals surface area (Å²) in [5, 5.41) is 14.9. The molecule has 3 aliphatic rings. The monoisotopic (exact) mass is 312 g/mol. The van der Waals surface area contributed by atoms with E-state index in [1.54, 1.807) is 10.0 Å². The van der Waals surface area contributed by atoms with E-state index in [-0.39, 0.29) is 17.5 Å². The number of benzene rings is 1. The van der Waals surface area contributed by atoms with Gasteiger partial charge >= 0.3 is 0 Å². The molecule has 7 heteroatoms. The molecule has 2 fully saturated rings. The normalized spacial score (nSPS) is 22.2. The number of amidine groups is 1. The van der Waals surface area contributed by atoms with Crippen LogP contribution in [0.15, 0.2) is 17.1 Å². The van der Waals surface area contributed by atoms with Gasteiger partial charge in [-0.3, -0.25) is 15.2 Å². The lowest BCUT2D eigenvalue weighted by Gasteiger charge is -2.32. The predicted molar refractivity (Wildman–Crippen MR) is 90.1 cm³/mol. The van der Waals surface area contributed by atoms with Crippen LogP contribution in [-0.2, 0) is 11.2 Å². The van der Waals surface area contributed by atoms with Gasteiger partial charge in [-0.15, -0.1) is 0 Å². The van der Waals surface area contributed by atoms with Crippen LogP contribution in [0.1, 0.15) is 24.8 Å². The molecule has 3 heterocycles. The van der Waals surface area contributed by atoms with Crippen LogP contribution < -0.4 is 11.1 Å². The molecule has 0 bridgehead atoms. The first-order chi connectivity index (χ1) is 11.1. The lowest BCUT2D eigenvalue weighted by atomic mass is 10.0. The van der Waals surface area contributed by atoms with Gasteiger partial charge in [0.2, 0.25) is 0 Å². The van der Waals surface area contributed by atoms with Crippen molar-refractivity contribution in [2.75, 3.05) is 30.7 Å². The molecule has 0 aliphatic carbocycles. The van der Waals surface area contributed by atoms with Gasteiger partial charge in [0, 0.05) is 25.3 Å². The average Bonchev–Trinajstić information content (AvgIpc) is 2.81. The first kappa shape index (κ1) is 14.0. The Kier molecular flexibility index (Phi) is 3.21. The molecule has 0 atom stereocenters. The molecule has 0 saturated carbocycles. The fourth-order valence-corrected chi connectivity index (χ4v) is 3.39. The van der Waals surface area contributed by atoms with Crippen molar-refractivity contribution in [2.24, 2.45) is 4.99 Å². The second kappa shape index (κ2) is 5.26. The number of nitrogens with one attached hydrogen (secondary N) is 2. The summed E-state index contributed by atoms with van der Waals surface area (Å²) in [6.45, 7) is 2.31. The van der Waals surface area contributed by atoms with Crippen LogP contribution in [0.4, 0.5) is 17.1 Å². The van der Waals surface area contributed by atoms with Crippen molar-refractivity contribution < 1.29 is 4.79 Å². The van der Waals surface area contributed by atoms with Crippen LogP contribution in [-0.4, -0.2) is 47.1 Å². The summed E-state index contributed by atoms with van der Waals surface area (Å²) in [5.41, 5.74) is 9.63. The number of hydrogen-bond acceptors (Lipinski definition) is 5. The number of amides is 1. The molecule has 0 radical (unpaired) electrons. The molecule has 4 N–H and O–H groups in total. The third-order valence-electron chi connectivity index (χ3n) is 4.62. The number of carbonyl (C=O) groups excluding carboxylic acids is 1. The van der Waals surface area contributed by atoms with Gasteiger partial charge in [-0.1, -0.05) is 0 Å². The molecule has 4 rings (SSSR count). The number of anilines is 2. The summed E-state index contributed by atoms with van der Waals surface area (Å²) in [7, 11) is 0. The number of aryl methyl sites for hydroxylation is 1. The highest BCUT2D eigenvalue weighted by Gasteiger charge is 2.40. The molecule has 2 saturated heterocycles. The molecular formula is C16H20N6O. The number of aliphatic imine (C=N–C) groups is 1. The second-order valence-corrected chi connectivity index (χ2v) is 6.17. The maximum atomic E-state index is 12.5. The highest BCUT2D eigenvalue weighted by molar-refractivity contribution is 6.68. The van der Waals surface area contributed by atoms with Crippen molar-refractivity contribution in [1.82, 2.24) is 10.0 Å². The Hall–Kier alpha value is -2.57. The summed E-state index contributed by atoms with van der Waals surface area (Å²) >= 11 is 0. The summed E-state index contributed by atoms with van der Waals surface area (Å²) in [5.74, 6) is -0.00473. The summed E-state index contributed by atoms with van der Waals surface area (Å²) in [4.78, 5) is 17.0. The molecule has 7 nitrogen and oxygen atoms in total. The lowest BCUT2D eigenvalue weighted by molar-refractivity contribution is -0.134. The van der Waals surface area contributed by atoms with Crippen LogP contribution in [0.25, 0.3) is 0 Å². The smallest absolute Gasteiger partial charge is 0.294 e. The topological polar surface area (TPSA) is 97.8 Å². The van der Waals surface area contributed by atoms with Gasteiger partial charge in [0.05, 0.1) is 11.4 Å². The maximum absolute atomic E-state index is 12.5. The minimum Gasteiger partial charge on any atom is -0.397 e. The van der Waals surface area contributed by atoms with Crippen molar-refractivity contribution >= 4 is 34.5 Å². The molecule has 3 aliphatic heterocycles. The first-order valence-electron chi connectivity index (χ1n) is 8.08. The molecule has 1 aromatic rings. The molecule has 120 valence electrons. The van der Waals surface area contributed by atoms with Crippen molar-refractivity contribution in [2.45, 2.75) is 25.7 Å². The third-order valence-corrected chi connectivity index (χ3v) is 4.62. The van der Waals surface area contributed by atoms with Crippen molar-refractivity contribution in [3.05, 3.63) is 17.7 Å². The van der Waals surface area contributed by atoms with E-state index in [9.17, 15) is 4.79 Å². The second-order valence-electron chi connectivity index (χ2n) is 6.17. The molecule has 0 unspecified atom stereocenters. The van der Waals surface area contributed by atoms with Gasteiger partial charge in [0.1, 0.15) is 0 Å². The Bertz CT molecular complexity index is 700. The third kappa shape index (κ3) is 2.23. The van der Waals surface area contributed by atoms with Crippen LogP contribution >= 0.6 is 0 Å². The van der Waals surface area contributed by atoms with E-state index in [0.717, 1.165) is 37.9 Å². The molecule has 1 amide bonds. The zero-order chi connectivity index (χ0) is 16.0. The van der Waals surface area contributed by atoms with Crippen LogP contribution in [0.2, 0.25) is 0 Å². The Labute approximate surface area is 134 Å². The van der Waals surface area contributed by atoms with E-state index in [1.807, 2.05) is 12.1 Å². The summed E-state index contributed by atoms with van der Waals surface area (Å²) in [6.07, 6.45) is 4.01. The number of rotatable bonds is 1. The minimum atomic E-state index is -0.190. The Balaban J connectivity index is 1.72. The van der Waals surface area contributed by atoms with Gasteiger partial charge in [-0.05, 0) is 43.4 Å². The fourth-order valence-electron chi connectivity index (χ4n) is 3.39. The van der Waals surface area contributed by atoms with Gasteiger partial charge in [0.25, 0.3) is 5.91 Å². The Morgan fingerprint density at radius 3 is 2.74 bits per heavy atom. The zero-order valence-electron chi connectivity index (χ0n) is 12.9. The number of fused-ring (bicyclic) bond motifs is 2. The molecule has 0 spiro atoms. The molecule has 23 heavy (non-hydrogen) atoms. The largest absolute Gasteiger partial charge is 0.397 e. The standard InChI is InChI=1S/C16H20N6O/c17-11-9-12-10(4-3-5-19-12)8-13(11)20-14-15(18)21-6-1-2-7-22(21)16(14)23/h8-9,18-19H,1-7,17H2. The Morgan fingerprint density at radius 1 is 1.17 bits per heavy atom. The number of hydrazine groups is 1. The van der Waals surface area contributed by atoms with E-state index >= 15 is 0 Å². The van der Waals surface area contributed by atoms with E-state index in [1.165, 1.54) is 5.56 Å². The number of carbonyl (C=O) groups is 1. The van der Waals surface area contributed by atoms with Gasteiger partial charge in [-0.2, -0.15) is 0 Å². The average molecular weight is 312 g/mol. The number of nitrogens with two attached hydrogens (primary N) is 1. The van der Waals surface area contributed by atoms with Crippen LogP contribution in [0.3, 0.4) is 0 Å². The maximum Gasteiger partial charge on any atom is 0.294 e. The number of nitrogen functional groups attached to an aromatic ring is 1. The highest BCUT2D eigenvalue weighted by Crippen LogP contribution is 2.33. The van der Waals surface area contributed by atoms with Crippen molar-refractivity contribution in [1.29, 1.82) is 5.41 Å². The summed E-state index contributed by atoms with van der Waals surface area (Å²) in [6, 6.07) is 3.82. The molecule has 1 aromatic carbocycles. The van der Waals surface area contributed by atoms with Crippen LogP contribution in [0, 0.1) is 5.41 Å². The molecular weight excluding hydrogens is 292 g/mol. The van der Waals surface area contributed by atoms with Gasteiger partial charge in [-0.25, -0.2) is 10.0 Å². The minimum absolute atomic E-state index is 0.185. The zero-order valence-corrected chi connectivity index (χ0v) is 12.9. The lowest BCUT2D eigenvalue weighted by Crippen LogP contribution is -2.45. The van der Waals surface area contributed by atoms with Crippen molar-refractivity contribution in [3.63, 3.8) is 0 Å². The van der Waals surface area contributed by atoms with E-state index in [2.05, 4.69) is 10.3 Å². The Morgan fingerprint density at radius 2 is 1.96 bits per heavy atom. The van der Waals surface area contributed by atoms with E-state index < -0.39 is 0 Å². The van der Waals surface area contributed by atoms with Crippen molar-refractivity contribution in [3.8, 4) is 0 Å². The van der Waals surface area contributed by atoms with Gasteiger partial charge in [0.15, 0.2) is 11.5 Å². The molecule has 0 aromatic heterocycles. The van der Waals surface area contributed by atoms with Gasteiger partial charge < -0.3 is 11.1 Å². The predicted octanol–water partition coefficient (Wildman–Crippen LogP) is 1.53.